The van der Waals surface area contributed by atoms with Gasteiger partial charge in [0, 0.05) is 25.9 Å². The van der Waals surface area contributed by atoms with Crippen molar-refractivity contribution in [3.05, 3.63) is 18.2 Å². The van der Waals surface area contributed by atoms with E-state index in [1.807, 2.05) is 19.4 Å². The van der Waals surface area contributed by atoms with Crippen molar-refractivity contribution < 1.29 is 5.11 Å². The van der Waals surface area contributed by atoms with E-state index < -0.39 is 5.60 Å². The van der Waals surface area contributed by atoms with E-state index in [9.17, 15) is 5.11 Å². The smallest absolute Gasteiger partial charge is 0.108 e. The molecule has 0 aromatic carbocycles. The first-order chi connectivity index (χ1) is 8.80. The third kappa shape index (κ3) is 1.57. The van der Waals surface area contributed by atoms with E-state index in [0.29, 0.717) is 5.92 Å². The second-order valence-electron chi connectivity index (χ2n) is 7.54. The fourth-order valence-electron chi connectivity index (χ4n) is 4.90. The highest BCUT2D eigenvalue weighted by Gasteiger charge is 2.67. The lowest BCUT2D eigenvalue weighted by Gasteiger charge is -2.51. The Morgan fingerprint density at radius 1 is 1.42 bits per heavy atom. The minimum absolute atomic E-state index is 0.0329. The molecule has 3 unspecified atom stereocenters. The van der Waals surface area contributed by atoms with Crippen LogP contribution in [0.15, 0.2) is 12.4 Å². The second-order valence-corrected chi connectivity index (χ2v) is 7.54. The molecular formula is C16H26N2O. The van der Waals surface area contributed by atoms with Gasteiger partial charge >= 0.3 is 0 Å². The number of rotatable bonds is 3. The summed E-state index contributed by atoms with van der Waals surface area (Å²) in [6.45, 7) is 6.82. The van der Waals surface area contributed by atoms with Crippen LogP contribution in [0.25, 0.3) is 0 Å². The molecule has 0 aliphatic heterocycles. The van der Waals surface area contributed by atoms with Crippen molar-refractivity contribution in [2.75, 3.05) is 0 Å². The molecule has 3 nitrogen and oxygen atoms in total. The SMILES string of the molecule is Cn1ccnc1CCC1(O)C2(C)CCC(C2)C1(C)C. The number of hydrogen-bond donors (Lipinski definition) is 1. The Kier molecular flexibility index (Phi) is 2.66. The maximum Gasteiger partial charge on any atom is 0.108 e. The number of aliphatic hydroxyl groups is 1. The maximum absolute atomic E-state index is 11.4. The first-order valence-electron chi connectivity index (χ1n) is 7.49. The van der Waals surface area contributed by atoms with Gasteiger partial charge in [0.15, 0.2) is 0 Å². The summed E-state index contributed by atoms with van der Waals surface area (Å²) in [6.07, 6.45) is 9.17. The van der Waals surface area contributed by atoms with Crippen molar-refractivity contribution in [2.45, 2.75) is 58.5 Å². The van der Waals surface area contributed by atoms with Gasteiger partial charge < -0.3 is 9.67 Å². The summed E-state index contributed by atoms with van der Waals surface area (Å²) in [7, 11) is 2.03. The van der Waals surface area contributed by atoms with Gasteiger partial charge in [0.05, 0.1) is 5.60 Å². The van der Waals surface area contributed by atoms with Crippen molar-refractivity contribution in [1.29, 1.82) is 0 Å². The zero-order chi connectivity index (χ0) is 13.9. The van der Waals surface area contributed by atoms with E-state index >= 15 is 0 Å². The zero-order valence-corrected chi connectivity index (χ0v) is 12.6. The van der Waals surface area contributed by atoms with Gasteiger partial charge in [-0.2, -0.15) is 0 Å². The molecular weight excluding hydrogens is 236 g/mol. The summed E-state index contributed by atoms with van der Waals surface area (Å²) in [5.41, 5.74) is -0.410. The largest absolute Gasteiger partial charge is 0.389 e. The van der Waals surface area contributed by atoms with Gasteiger partial charge in [0.1, 0.15) is 5.82 Å². The van der Waals surface area contributed by atoms with E-state index in [1.165, 1.54) is 19.3 Å². The Labute approximate surface area is 116 Å². The van der Waals surface area contributed by atoms with Gasteiger partial charge in [-0.25, -0.2) is 4.98 Å². The fraction of sp³-hybridized carbons (Fsp3) is 0.812. The number of aromatic nitrogens is 2. The predicted molar refractivity (Wildman–Crippen MR) is 75.7 cm³/mol. The summed E-state index contributed by atoms with van der Waals surface area (Å²) in [6, 6.07) is 0. The lowest BCUT2D eigenvalue weighted by molar-refractivity contribution is -0.147. The number of hydrogen-bond acceptors (Lipinski definition) is 2. The average molecular weight is 262 g/mol. The lowest BCUT2D eigenvalue weighted by atomic mass is 9.59. The van der Waals surface area contributed by atoms with Crippen molar-refractivity contribution in [3.63, 3.8) is 0 Å². The van der Waals surface area contributed by atoms with Crippen molar-refractivity contribution >= 4 is 0 Å². The molecule has 0 saturated heterocycles. The highest BCUT2D eigenvalue weighted by Crippen LogP contribution is 2.69. The van der Waals surface area contributed by atoms with Crippen LogP contribution in [-0.2, 0) is 13.5 Å². The van der Waals surface area contributed by atoms with Crippen molar-refractivity contribution in [1.82, 2.24) is 9.55 Å². The van der Waals surface area contributed by atoms with Gasteiger partial charge in [0.25, 0.3) is 0 Å². The Balaban J connectivity index is 1.84. The summed E-state index contributed by atoms with van der Waals surface area (Å²) >= 11 is 0. The summed E-state index contributed by atoms with van der Waals surface area (Å²) < 4.78 is 2.06. The first-order valence-corrected chi connectivity index (χ1v) is 7.49. The highest BCUT2D eigenvalue weighted by atomic mass is 16.3. The van der Waals surface area contributed by atoms with Crippen LogP contribution in [0.1, 0.15) is 52.3 Å². The second kappa shape index (κ2) is 3.85. The average Bonchev–Trinajstić information content (AvgIpc) is 2.96. The molecule has 2 aliphatic rings. The van der Waals surface area contributed by atoms with Gasteiger partial charge in [-0.1, -0.05) is 20.8 Å². The quantitative estimate of drug-likeness (QED) is 0.909. The van der Waals surface area contributed by atoms with E-state index in [-0.39, 0.29) is 10.8 Å². The number of imidazole rings is 1. The zero-order valence-electron chi connectivity index (χ0n) is 12.6. The molecule has 1 aromatic heterocycles. The van der Waals surface area contributed by atoms with E-state index in [2.05, 4.69) is 30.3 Å². The van der Waals surface area contributed by atoms with Crippen LogP contribution in [-0.4, -0.2) is 20.3 Å². The predicted octanol–water partition coefficient (Wildman–Crippen LogP) is 2.93. The van der Waals surface area contributed by atoms with Crippen molar-refractivity contribution in [3.8, 4) is 0 Å². The molecule has 2 aliphatic carbocycles. The minimum atomic E-state index is -0.547. The molecule has 1 aromatic rings. The van der Waals surface area contributed by atoms with Gasteiger partial charge in [0.2, 0.25) is 0 Å². The molecule has 3 rings (SSSR count). The molecule has 1 N–H and O–H groups in total. The van der Waals surface area contributed by atoms with Gasteiger partial charge in [-0.3, -0.25) is 0 Å². The Morgan fingerprint density at radius 3 is 2.68 bits per heavy atom. The first kappa shape index (κ1) is 13.2. The summed E-state index contributed by atoms with van der Waals surface area (Å²) in [4.78, 5) is 4.39. The maximum atomic E-state index is 11.4. The monoisotopic (exact) mass is 262 g/mol. The van der Waals surface area contributed by atoms with E-state index in [4.69, 9.17) is 0 Å². The van der Waals surface area contributed by atoms with Crippen LogP contribution in [0.4, 0.5) is 0 Å². The number of nitrogens with zero attached hydrogens (tertiary/aromatic N) is 2. The molecule has 0 radical (unpaired) electrons. The normalized spacial score (nSPS) is 39.9. The minimum Gasteiger partial charge on any atom is -0.389 e. The Bertz CT molecular complexity index is 486. The standard InChI is InChI=1S/C16H26N2O/c1-14(2)12-5-7-15(3,11-12)16(14,19)8-6-13-17-9-10-18(13)4/h9-10,12,19H,5-8,11H2,1-4H3. The Morgan fingerprint density at radius 2 is 2.16 bits per heavy atom. The molecule has 2 saturated carbocycles. The van der Waals surface area contributed by atoms with Gasteiger partial charge in [-0.15, -0.1) is 0 Å². The van der Waals surface area contributed by atoms with Crippen LogP contribution in [0.5, 0.6) is 0 Å². The van der Waals surface area contributed by atoms with Crippen LogP contribution < -0.4 is 0 Å². The van der Waals surface area contributed by atoms with Crippen LogP contribution in [0, 0.1) is 16.7 Å². The number of fused-ring (bicyclic) bond motifs is 2. The fourth-order valence-corrected chi connectivity index (χ4v) is 4.90. The molecule has 19 heavy (non-hydrogen) atoms. The van der Waals surface area contributed by atoms with Gasteiger partial charge in [-0.05, 0) is 42.4 Å². The lowest BCUT2D eigenvalue weighted by Crippen LogP contribution is -2.54. The van der Waals surface area contributed by atoms with Crippen LogP contribution in [0.3, 0.4) is 0 Å². The molecule has 106 valence electrons. The van der Waals surface area contributed by atoms with E-state index in [0.717, 1.165) is 18.7 Å². The summed E-state index contributed by atoms with van der Waals surface area (Å²) in [5, 5.41) is 11.4. The van der Waals surface area contributed by atoms with Crippen molar-refractivity contribution in [2.24, 2.45) is 23.8 Å². The molecule has 3 atom stereocenters. The molecule has 3 heteroatoms. The molecule has 2 fully saturated rings. The van der Waals surface area contributed by atoms with Crippen LogP contribution in [0.2, 0.25) is 0 Å². The van der Waals surface area contributed by atoms with Crippen LogP contribution >= 0.6 is 0 Å². The highest BCUT2D eigenvalue weighted by molar-refractivity contribution is 5.18. The number of aryl methyl sites for hydroxylation is 2. The third-order valence-electron chi connectivity index (χ3n) is 6.46. The summed E-state index contributed by atoms with van der Waals surface area (Å²) in [5.74, 6) is 1.76. The Hall–Kier alpha value is -0.830. The van der Waals surface area contributed by atoms with E-state index in [1.54, 1.807) is 0 Å². The molecule has 1 heterocycles. The molecule has 2 bridgehead atoms. The third-order valence-corrected chi connectivity index (χ3v) is 6.46. The molecule has 0 amide bonds. The topological polar surface area (TPSA) is 38.0 Å². The molecule has 0 spiro atoms.